The molecule has 0 fully saturated rings. The molecule has 4 unspecified atom stereocenters. The summed E-state index contributed by atoms with van der Waals surface area (Å²) in [5.74, 6) is 0.0439. The molecule has 8 rings (SSSR count). The number of nitrogens with one attached hydrogen (secondary N) is 2. The minimum atomic E-state index is -0.940. The first kappa shape index (κ1) is 58.4. The molecule has 0 saturated carbocycles. The van der Waals surface area contributed by atoms with Crippen molar-refractivity contribution in [2.24, 2.45) is 32.0 Å². The van der Waals surface area contributed by atoms with E-state index in [0.29, 0.717) is 58.2 Å². The smallest absolute Gasteiger partial charge is 0.326 e. The van der Waals surface area contributed by atoms with Gasteiger partial charge in [0.05, 0.1) is 43.6 Å². The highest BCUT2D eigenvalue weighted by atomic mass is 35.5. The Kier molecular flexibility index (Phi) is 21.9. The molecule has 0 bridgehead atoms. The molecule has 0 aromatic heterocycles. The van der Waals surface area contributed by atoms with E-state index in [9.17, 15) is 14.7 Å². The van der Waals surface area contributed by atoms with E-state index in [1.807, 2.05) is 166 Å². The van der Waals surface area contributed by atoms with Crippen LogP contribution in [0.15, 0.2) is 178 Å². The van der Waals surface area contributed by atoms with Crippen LogP contribution in [0.5, 0.6) is 0 Å². The van der Waals surface area contributed by atoms with Crippen molar-refractivity contribution in [1.82, 2.24) is 20.7 Å². The van der Waals surface area contributed by atoms with Crippen LogP contribution in [0.3, 0.4) is 0 Å². The number of carboxylic acid groups (broad SMARTS) is 1. The minimum absolute atomic E-state index is 0. The van der Waals surface area contributed by atoms with Crippen LogP contribution in [-0.2, 0) is 22.7 Å². The highest BCUT2D eigenvalue weighted by Crippen LogP contribution is 2.32. The van der Waals surface area contributed by atoms with Crippen LogP contribution < -0.4 is 10.6 Å². The number of hydrogen-bond acceptors (Lipinski definition) is 6. The van der Waals surface area contributed by atoms with Crippen LogP contribution in [0.2, 0.25) is 20.1 Å². The lowest BCUT2D eigenvalue weighted by Crippen LogP contribution is -2.49. The van der Waals surface area contributed by atoms with Crippen LogP contribution in [-0.4, -0.2) is 75.4 Å². The average Bonchev–Trinajstić information content (AvgIpc) is 4.02. The number of rotatable bonds is 14. The van der Waals surface area contributed by atoms with Gasteiger partial charge >= 0.3 is 5.97 Å². The van der Waals surface area contributed by atoms with Crippen molar-refractivity contribution >= 4 is 81.5 Å². The number of nitrogens with zero attached hydrogens (tertiary/aromatic N) is 6. The third-order valence-corrected chi connectivity index (χ3v) is 13.3. The Morgan fingerprint density at radius 1 is 0.541 bits per heavy atom. The lowest BCUT2D eigenvalue weighted by Gasteiger charge is -2.26. The van der Waals surface area contributed by atoms with E-state index in [2.05, 4.69) is 34.9 Å². The molecule has 74 heavy (non-hydrogen) atoms. The topological polar surface area (TPSA) is 134 Å². The van der Waals surface area contributed by atoms with Gasteiger partial charge in [0, 0.05) is 31.9 Å². The second kappa shape index (κ2) is 27.7. The number of guanidine groups is 2. The summed E-state index contributed by atoms with van der Waals surface area (Å²) in [7, 11) is 0. The van der Waals surface area contributed by atoms with Crippen molar-refractivity contribution in [3.63, 3.8) is 0 Å². The summed E-state index contributed by atoms with van der Waals surface area (Å²) in [6.07, 6.45) is 0. The maximum Gasteiger partial charge on any atom is 0.326 e. The van der Waals surface area contributed by atoms with Gasteiger partial charge < -0.3 is 15.7 Å². The molecule has 388 valence electrons. The number of benzene rings is 6. The summed E-state index contributed by atoms with van der Waals surface area (Å²) in [5, 5.41) is 32.7. The SMILES string of the molecule is C.C.CC(=O)C(NC(=NCc1ccc(Cl)cc1)N1CC(c2ccccc2)C(c2ccc(Cl)cc2)=N1)C(C)C.CC(C)C(NC(=NCc1ccc(Cl)cc1)N1CC(c2ccccc2)C(c2ccc(Cl)cc2)=N1)C(=O)O. The summed E-state index contributed by atoms with van der Waals surface area (Å²) in [6, 6.07) is 49.6. The predicted octanol–water partition coefficient (Wildman–Crippen LogP) is 13.9. The molecule has 15 heteroatoms. The number of carbonyl (C=O) groups excluding carboxylic acids is 1. The monoisotopic (exact) mass is 1070 g/mol. The highest BCUT2D eigenvalue weighted by molar-refractivity contribution is 6.31. The molecule has 11 nitrogen and oxygen atoms in total. The first-order chi connectivity index (χ1) is 34.6. The Morgan fingerprint density at radius 3 is 1.18 bits per heavy atom. The first-order valence-corrected chi connectivity index (χ1v) is 25.3. The van der Waals surface area contributed by atoms with Gasteiger partial charge in [-0.05, 0) is 101 Å². The van der Waals surface area contributed by atoms with Gasteiger partial charge in [-0.3, -0.25) is 4.79 Å². The van der Waals surface area contributed by atoms with E-state index in [4.69, 9.17) is 66.6 Å². The van der Waals surface area contributed by atoms with E-state index in [1.165, 1.54) is 0 Å². The van der Waals surface area contributed by atoms with Gasteiger partial charge in [-0.25, -0.2) is 24.8 Å². The van der Waals surface area contributed by atoms with E-state index in [-0.39, 0.29) is 50.4 Å². The van der Waals surface area contributed by atoms with E-state index in [0.717, 1.165) is 44.8 Å². The number of aliphatic imine (C=N–C) groups is 2. The van der Waals surface area contributed by atoms with Gasteiger partial charge in [0.15, 0.2) is 5.78 Å². The predicted molar refractivity (Wildman–Crippen MR) is 308 cm³/mol. The number of hydrogen-bond donors (Lipinski definition) is 3. The molecule has 4 atom stereocenters. The Morgan fingerprint density at radius 2 is 0.865 bits per heavy atom. The molecule has 0 radical (unpaired) electrons. The van der Waals surface area contributed by atoms with Crippen molar-refractivity contribution < 1.29 is 14.7 Å². The molecule has 2 aliphatic heterocycles. The number of halogens is 4. The van der Waals surface area contributed by atoms with Gasteiger partial charge in [0.25, 0.3) is 0 Å². The molecule has 2 heterocycles. The van der Waals surface area contributed by atoms with E-state index in [1.54, 1.807) is 11.9 Å². The lowest BCUT2D eigenvalue weighted by molar-refractivity contribution is -0.140. The van der Waals surface area contributed by atoms with Crippen LogP contribution in [0, 0.1) is 11.8 Å². The summed E-state index contributed by atoms with van der Waals surface area (Å²) >= 11 is 24.4. The standard InChI is InChI=1S/C29H30Cl2N4O.C28H28Cl2N4O2.2CH4/c1-19(2)27(20(3)36)33-29(32-17-21-9-13-24(30)14-10-21)35-18-26(22-7-5-4-6-8-22)28(34-35)23-11-15-25(31)16-12-23;1-18(2)25(27(35)36)32-28(31-16-19-8-12-22(29)13-9-19)34-17-24(20-6-4-3-5-7-20)26(33-34)21-10-14-23(30)15-11-21;;/h4-16,19,26-27H,17-18H2,1-3H3,(H,32,33);3-15,18,24-25H,16-17H2,1-2H3,(H,31,32)(H,35,36);2*1H4. The highest BCUT2D eigenvalue weighted by Gasteiger charge is 2.35. The number of Topliss-reactive ketones (excluding diaryl/α,β-unsaturated/α-hetero) is 1. The molecular formula is C59H66Cl4N8O3. The third-order valence-electron chi connectivity index (χ3n) is 12.3. The molecule has 0 aliphatic carbocycles. The Bertz CT molecular complexity index is 2680. The van der Waals surface area contributed by atoms with Crippen molar-refractivity contribution in [3.05, 3.63) is 211 Å². The number of carboxylic acids is 1. The fourth-order valence-electron chi connectivity index (χ4n) is 8.37. The maximum atomic E-state index is 12.5. The molecule has 0 amide bonds. The Hall–Kier alpha value is -6.50. The number of hydrazone groups is 2. The zero-order valence-electron chi connectivity index (χ0n) is 40.8. The van der Waals surface area contributed by atoms with Crippen LogP contribution in [0.25, 0.3) is 0 Å². The zero-order valence-corrected chi connectivity index (χ0v) is 43.8. The summed E-state index contributed by atoms with van der Waals surface area (Å²) in [5.41, 5.74) is 8.01. The first-order valence-electron chi connectivity index (χ1n) is 23.8. The number of aliphatic carboxylic acids is 1. The molecular weight excluding hydrogens is 1010 g/mol. The zero-order chi connectivity index (χ0) is 51.3. The van der Waals surface area contributed by atoms with Gasteiger partial charge in [0.1, 0.15) is 6.04 Å². The number of carbonyl (C=O) groups is 2. The third kappa shape index (κ3) is 15.8. The molecule has 0 spiro atoms. The average molecular weight is 1080 g/mol. The summed E-state index contributed by atoms with van der Waals surface area (Å²) < 4.78 is 0. The Labute approximate surface area is 457 Å². The van der Waals surface area contributed by atoms with Gasteiger partial charge in [-0.2, -0.15) is 10.2 Å². The fraction of sp³-hybridized carbons (Fsp3) is 0.288. The largest absolute Gasteiger partial charge is 0.480 e. The lowest BCUT2D eigenvalue weighted by atomic mass is 9.91. The summed E-state index contributed by atoms with van der Waals surface area (Å²) in [4.78, 5) is 34.1. The van der Waals surface area contributed by atoms with Crippen molar-refractivity contribution in [2.75, 3.05) is 13.1 Å². The second-order valence-corrected chi connectivity index (χ2v) is 20.0. The van der Waals surface area contributed by atoms with Crippen molar-refractivity contribution in [2.45, 2.75) is 86.5 Å². The Balaban J connectivity index is 0.000000267. The van der Waals surface area contributed by atoms with Gasteiger partial charge in [0.2, 0.25) is 11.9 Å². The van der Waals surface area contributed by atoms with Crippen molar-refractivity contribution in [1.29, 1.82) is 0 Å². The van der Waals surface area contributed by atoms with Crippen LogP contribution in [0.4, 0.5) is 0 Å². The van der Waals surface area contributed by atoms with E-state index < -0.39 is 12.0 Å². The van der Waals surface area contributed by atoms with Crippen molar-refractivity contribution in [3.8, 4) is 0 Å². The van der Waals surface area contributed by atoms with E-state index >= 15 is 0 Å². The van der Waals surface area contributed by atoms with Crippen LogP contribution >= 0.6 is 46.4 Å². The molecule has 6 aromatic carbocycles. The van der Waals surface area contributed by atoms with Gasteiger partial charge in [-0.15, -0.1) is 0 Å². The van der Waals surface area contributed by atoms with Crippen LogP contribution in [0.1, 0.15) is 94.7 Å². The minimum Gasteiger partial charge on any atom is -0.480 e. The summed E-state index contributed by atoms with van der Waals surface area (Å²) in [6.45, 7) is 11.3. The normalized spacial score (nSPS) is 16.3. The molecule has 0 saturated heterocycles. The molecule has 2 aliphatic rings. The number of ketones is 1. The maximum absolute atomic E-state index is 12.5. The second-order valence-electron chi connectivity index (χ2n) is 18.3. The van der Waals surface area contributed by atoms with Gasteiger partial charge in [-0.1, -0.05) is 198 Å². The molecule has 3 N–H and O–H groups in total. The quantitative estimate of drug-likeness (QED) is 0.0730. The molecule has 6 aromatic rings. The fourth-order valence-corrected chi connectivity index (χ4v) is 8.87.